The minimum atomic E-state index is -0.467. The number of nitrogens with zero attached hydrogens (tertiary/aromatic N) is 2. The number of nitrogens with one attached hydrogen (secondary N) is 1. The molecule has 0 saturated heterocycles. The van der Waals surface area contributed by atoms with Crippen molar-refractivity contribution in [1.29, 1.82) is 0 Å². The molecule has 0 fully saturated rings. The van der Waals surface area contributed by atoms with E-state index in [9.17, 15) is 9.59 Å². The normalized spacial score (nSPS) is 11.2. The van der Waals surface area contributed by atoms with Crippen molar-refractivity contribution in [2.24, 2.45) is 5.41 Å². The van der Waals surface area contributed by atoms with E-state index in [0.29, 0.717) is 5.82 Å². The van der Waals surface area contributed by atoms with Gasteiger partial charge in [0.05, 0.1) is 6.42 Å². The summed E-state index contributed by atoms with van der Waals surface area (Å²) < 4.78 is 9.72. The van der Waals surface area contributed by atoms with E-state index in [4.69, 9.17) is 9.26 Å². The standard InChI is InChI=1S/C12H19N3O4/c1-8-14-9(19-15-8)7-18-10(16)5-6-13-11(17)12(2,3)4/h5-7H2,1-4H3,(H,13,17). The van der Waals surface area contributed by atoms with Gasteiger partial charge in [-0.05, 0) is 6.92 Å². The van der Waals surface area contributed by atoms with Crippen molar-refractivity contribution in [3.63, 3.8) is 0 Å². The highest BCUT2D eigenvalue weighted by Crippen LogP contribution is 2.12. The lowest BCUT2D eigenvalue weighted by molar-refractivity contribution is -0.145. The number of carbonyl (C=O) groups excluding carboxylic acids is 2. The van der Waals surface area contributed by atoms with Crippen LogP contribution >= 0.6 is 0 Å². The molecular weight excluding hydrogens is 250 g/mol. The molecule has 1 aromatic rings. The Kier molecular flexibility index (Phi) is 5.02. The molecule has 0 aliphatic rings. The van der Waals surface area contributed by atoms with Gasteiger partial charge in [-0.1, -0.05) is 25.9 Å². The van der Waals surface area contributed by atoms with E-state index >= 15 is 0 Å². The van der Waals surface area contributed by atoms with Gasteiger partial charge in [0.15, 0.2) is 12.4 Å². The summed E-state index contributed by atoms with van der Waals surface area (Å²) in [6, 6.07) is 0. The first-order chi connectivity index (χ1) is 8.79. The lowest BCUT2D eigenvalue weighted by Gasteiger charge is -2.17. The number of amides is 1. The van der Waals surface area contributed by atoms with Crippen molar-refractivity contribution < 1.29 is 18.8 Å². The van der Waals surface area contributed by atoms with Crippen molar-refractivity contribution in [1.82, 2.24) is 15.5 Å². The molecule has 0 unspecified atom stereocenters. The third-order valence-corrected chi connectivity index (χ3v) is 2.22. The van der Waals surface area contributed by atoms with Gasteiger partial charge in [-0.3, -0.25) is 9.59 Å². The van der Waals surface area contributed by atoms with Crippen molar-refractivity contribution in [2.75, 3.05) is 6.54 Å². The Balaban J connectivity index is 2.20. The van der Waals surface area contributed by atoms with Crippen molar-refractivity contribution in [3.8, 4) is 0 Å². The molecule has 0 aliphatic carbocycles. The lowest BCUT2D eigenvalue weighted by atomic mass is 9.96. The van der Waals surface area contributed by atoms with E-state index in [-0.39, 0.29) is 31.4 Å². The summed E-state index contributed by atoms with van der Waals surface area (Å²) in [5.41, 5.74) is -0.467. The van der Waals surface area contributed by atoms with Crippen molar-refractivity contribution in [2.45, 2.75) is 40.7 Å². The van der Waals surface area contributed by atoms with Gasteiger partial charge in [0, 0.05) is 12.0 Å². The molecule has 0 aliphatic heterocycles. The van der Waals surface area contributed by atoms with Crippen molar-refractivity contribution in [3.05, 3.63) is 11.7 Å². The highest BCUT2D eigenvalue weighted by molar-refractivity contribution is 5.81. The van der Waals surface area contributed by atoms with E-state index in [0.717, 1.165) is 0 Å². The first-order valence-electron chi connectivity index (χ1n) is 6.02. The topological polar surface area (TPSA) is 94.3 Å². The number of hydrogen-bond acceptors (Lipinski definition) is 6. The molecule has 1 rings (SSSR count). The molecule has 0 bridgehead atoms. The maximum atomic E-state index is 11.5. The Labute approximate surface area is 111 Å². The summed E-state index contributed by atoms with van der Waals surface area (Å²) in [5, 5.41) is 6.24. The molecule has 19 heavy (non-hydrogen) atoms. The summed E-state index contributed by atoms with van der Waals surface area (Å²) >= 11 is 0. The van der Waals surface area contributed by atoms with Gasteiger partial charge in [-0.2, -0.15) is 4.98 Å². The summed E-state index contributed by atoms with van der Waals surface area (Å²) in [7, 11) is 0. The van der Waals surface area contributed by atoms with E-state index < -0.39 is 11.4 Å². The molecule has 106 valence electrons. The molecule has 1 N–H and O–H groups in total. The van der Waals surface area contributed by atoms with Crippen LogP contribution in [0.5, 0.6) is 0 Å². The van der Waals surface area contributed by atoms with Crippen LogP contribution in [0.1, 0.15) is 38.9 Å². The maximum absolute atomic E-state index is 11.5. The van der Waals surface area contributed by atoms with Gasteiger partial charge in [0.2, 0.25) is 5.91 Å². The Morgan fingerprint density at radius 3 is 2.58 bits per heavy atom. The second-order valence-electron chi connectivity index (χ2n) is 5.15. The fourth-order valence-corrected chi connectivity index (χ4v) is 1.16. The quantitative estimate of drug-likeness (QED) is 0.800. The van der Waals surface area contributed by atoms with Crippen LogP contribution in [0.25, 0.3) is 0 Å². The first-order valence-corrected chi connectivity index (χ1v) is 6.02. The van der Waals surface area contributed by atoms with E-state index in [1.165, 1.54) is 0 Å². The molecule has 0 spiro atoms. The van der Waals surface area contributed by atoms with Crippen LogP contribution in [0.2, 0.25) is 0 Å². The fraction of sp³-hybridized carbons (Fsp3) is 0.667. The lowest BCUT2D eigenvalue weighted by Crippen LogP contribution is -2.36. The van der Waals surface area contributed by atoms with Crippen LogP contribution in [-0.2, 0) is 20.9 Å². The zero-order valence-corrected chi connectivity index (χ0v) is 11.6. The smallest absolute Gasteiger partial charge is 0.308 e. The molecular formula is C12H19N3O4. The molecule has 1 aromatic heterocycles. The van der Waals surface area contributed by atoms with Crippen LogP contribution in [-0.4, -0.2) is 28.6 Å². The predicted molar refractivity (Wildman–Crippen MR) is 65.9 cm³/mol. The Hall–Kier alpha value is -1.92. The van der Waals surface area contributed by atoms with Gasteiger partial charge in [0.25, 0.3) is 5.89 Å². The largest absolute Gasteiger partial charge is 0.456 e. The zero-order valence-electron chi connectivity index (χ0n) is 11.6. The van der Waals surface area contributed by atoms with Gasteiger partial charge in [0.1, 0.15) is 0 Å². The first kappa shape index (κ1) is 15.1. The molecule has 0 atom stereocenters. The van der Waals surface area contributed by atoms with Gasteiger partial charge < -0.3 is 14.6 Å². The summed E-state index contributed by atoms with van der Waals surface area (Å²) in [5.74, 6) is 0.214. The Bertz CT molecular complexity index is 448. The number of ether oxygens (including phenoxy) is 1. The minimum Gasteiger partial charge on any atom is -0.456 e. The fourth-order valence-electron chi connectivity index (χ4n) is 1.16. The van der Waals surface area contributed by atoms with Gasteiger partial charge >= 0.3 is 5.97 Å². The molecule has 1 amide bonds. The third kappa shape index (κ3) is 5.50. The molecule has 7 heteroatoms. The Morgan fingerprint density at radius 2 is 2.05 bits per heavy atom. The monoisotopic (exact) mass is 269 g/mol. The number of esters is 1. The van der Waals surface area contributed by atoms with E-state index in [2.05, 4.69) is 15.5 Å². The summed E-state index contributed by atoms with van der Waals surface area (Å²) in [4.78, 5) is 26.8. The molecule has 0 saturated carbocycles. The predicted octanol–water partition coefficient (Wildman–Crippen LogP) is 0.974. The Morgan fingerprint density at radius 1 is 1.37 bits per heavy atom. The third-order valence-electron chi connectivity index (χ3n) is 2.22. The van der Waals surface area contributed by atoms with Gasteiger partial charge in [-0.15, -0.1) is 0 Å². The second-order valence-corrected chi connectivity index (χ2v) is 5.15. The van der Waals surface area contributed by atoms with E-state index in [1.54, 1.807) is 27.7 Å². The number of carbonyl (C=O) groups is 2. The van der Waals surface area contributed by atoms with Crippen LogP contribution in [0.3, 0.4) is 0 Å². The van der Waals surface area contributed by atoms with Crippen LogP contribution in [0.4, 0.5) is 0 Å². The van der Waals surface area contributed by atoms with Crippen LogP contribution < -0.4 is 5.32 Å². The molecule has 1 heterocycles. The minimum absolute atomic E-state index is 0.0487. The number of hydrogen-bond donors (Lipinski definition) is 1. The maximum Gasteiger partial charge on any atom is 0.308 e. The highest BCUT2D eigenvalue weighted by atomic mass is 16.6. The van der Waals surface area contributed by atoms with E-state index in [1.807, 2.05) is 0 Å². The molecule has 0 radical (unpaired) electrons. The van der Waals surface area contributed by atoms with Crippen LogP contribution in [0.15, 0.2) is 4.52 Å². The average molecular weight is 269 g/mol. The van der Waals surface area contributed by atoms with Crippen LogP contribution in [0, 0.1) is 12.3 Å². The SMILES string of the molecule is Cc1noc(COC(=O)CCNC(=O)C(C)(C)C)n1. The van der Waals surface area contributed by atoms with Gasteiger partial charge in [-0.25, -0.2) is 0 Å². The number of aryl methyl sites for hydroxylation is 1. The second kappa shape index (κ2) is 6.31. The molecule has 0 aromatic carbocycles. The molecule has 7 nitrogen and oxygen atoms in total. The zero-order chi connectivity index (χ0) is 14.5. The number of aromatic nitrogens is 2. The highest BCUT2D eigenvalue weighted by Gasteiger charge is 2.20. The summed E-state index contributed by atoms with van der Waals surface area (Å²) in [6.45, 7) is 7.29. The van der Waals surface area contributed by atoms with Crippen molar-refractivity contribution >= 4 is 11.9 Å². The summed E-state index contributed by atoms with van der Waals surface area (Å²) in [6.07, 6.45) is 0.106. The number of rotatable bonds is 5. The average Bonchev–Trinajstić information content (AvgIpc) is 2.71.